The molecule has 0 spiro atoms. The number of sulfonamides is 1. The van der Waals surface area contributed by atoms with Crippen LogP contribution in [-0.4, -0.2) is 13.5 Å². The highest BCUT2D eigenvalue weighted by atomic mass is 79.9. The highest BCUT2D eigenvalue weighted by molar-refractivity contribution is 9.10. The van der Waals surface area contributed by atoms with Crippen LogP contribution in [-0.2, 0) is 16.4 Å². The Kier molecular flexibility index (Phi) is 4.35. The summed E-state index contributed by atoms with van der Waals surface area (Å²) in [6.45, 7) is 1.94. The summed E-state index contributed by atoms with van der Waals surface area (Å²) in [6.07, 6.45) is 0.693. The van der Waals surface area contributed by atoms with Crippen molar-refractivity contribution in [2.45, 2.75) is 18.2 Å². The molecule has 0 aromatic heterocycles. The van der Waals surface area contributed by atoms with Crippen LogP contribution < -0.4 is 4.72 Å². The van der Waals surface area contributed by atoms with Crippen molar-refractivity contribution in [1.29, 1.82) is 0 Å². The Bertz CT molecular complexity index is 729. The lowest BCUT2D eigenvalue weighted by Crippen LogP contribution is -2.14. The van der Waals surface area contributed by atoms with E-state index in [0.29, 0.717) is 12.1 Å². The maximum absolute atomic E-state index is 12.3. The smallest absolute Gasteiger partial charge is 0.265 e. The largest absolute Gasteiger partial charge is 0.507 e. The maximum atomic E-state index is 12.3. The quantitative estimate of drug-likeness (QED) is 0.881. The maximum Gasteiger partial charge on any atom is 0.265 e. The van der Waals surface area contributed by atoms with E-state index in [-0.39, 0.29) is 10.6 Å². The molecule has 0 unspecified atom stereocenters. The molecule has 0 aliphatic carbocycles. The first-order chi connectivity index (χ1) is 9.44. The van der Waals surface area contributed by atoms with Gasteiger partial charge in [-0.05, 0) is 42.3 Å². The molecule has 2 N–H and O–H groups in total. The molecule has 2 rings (SSSR count). The number of nitrogens with one attached hydrogen (secondary N) is 1. The molecule has 106 valence electrons. The molecule has 2 aromatic carbocycles. The summed E-state index contributed by atoms with van der Waals surface area (Å²) >= 11 is 3.36. The summed E-state index contributed by atoms with van der Waals surface area (Å²) in [4.78, 5) is -0.134. The Hall–Kier alpha value is -1.53. The predicted molar refractivity (Wildman–Crippen MR) is 82.4 cm³/mol. The second-order valence-electron chi connectivity index (χ2n) is 4.23. The van der Waals surface area contributed by atoms with Gasteiger partial charge in [-0.3, -0.25) is 4.72 Å². The van der Waals surface area contributed by atoms with Gasteiger partial charge in [0.05, 0.1) is 5.69 Å². The molecule has 2 aromatic rings. The normalized spacial score (nSPS) is 11.3. The summed E-state index contributed by atoms with van der Waals surface area (Å²) in [5.41, 5.74) is 1.39. The van der Waals surface area contributed by atoms with Crippen molar-refractivity contribution >= 4 is 31.6 Å². The third kappa shape index (κ3) is 3.13. The zero-order valence-electron chi connectivity index (χ0n) is 10.8. The number of anilines is 1. The molecule has 0 bridgehead atoms. The molecule has 20 heavy (non-hydrogen) atoms. The standard InChI is InChI=1S/C14H14BrNO3S/c1-2-10-9-11(15)7-8-12(10)16-20(18,19)14-6-4-3-5-13(14)17/h3-9,16-17H,2H2,1H3. The summed E-state index contributed by atoms with van der Waals surface area (Å²) in [5.74, 6) is -0.268. The number of halogens is 1. The number of para-hydroxylation sites is 1. The van der Waals surface area contributed by atoms with Crippen LogP contribution in [0.1, 0.15) is 12.5 Å². The lowest BCUT2D eigenvalue weighted by molar-refractivity contribution is 0.459. The number of rotatable bonds is 4. The molecule has 0 heterocycles. The number of benzene rings is 2. The van der Waals surface area contributed by atoms with Crippen molar-refractivity contribution in [2.75, 3.05) is 4.72 Å². The Labute approximate surface area is 126 Å². The fourth-order valence-corrected chi connectivity index (χ4v) is 3.45. The van der Waals surface area contributed by atoms with E-state index in [9.17, 15) is 13.5 Å². The van der Waals surface area contributed by atoms with E-state index in [1.807, 2.05) is 13.0 Å². The van der Waals surface area contributed by atoms with Crippen molar-refractivity contribution in [3.05, 3.63) is 52.5 Å². The van der Waals surface area contributed by atoms with Crippen LogP contribution in [0.5, 0.6) is 5.75 Å². The van der Waals surface area contributed by atoms with Gasteiger partial charge in [0.25, 0.3) is 10.0 Å². The van der Waals surface area contributed by atoms with E-state index < -0.39 is 10.0 Å². The van der Waals surface area contributed by atoms with Crippen LogP contribution in [0.3, 0.4) is 0 Å². The molecule has 0 atom stereocenters. The van der Waals surface area contributed by atoms with E-state index in [1.54, 1.807) is 24.3 Å². The molecule has 0 saturated carbocycles. The van der Waals surface area contributed by atoms with E-state index in [1.165, 1.54) is 12.1 Å². The van der Waals surface area contributed by atoms with Gasteiger partial charge in [0.15, 0.2) is 0 Å². The summed E-state index contributed by atoms with van der Waals surface area (Å²) in [6, 6.07) is 11.2. The van der Waals surface area contributed by atoms with Gasteiger partial charge < -0.3 is 5.11 Å². The molecule has 0 radical (unpaired) electrons. The van der Waals surface area contributed by atoms with Crippen molar-refractivity contribution < 1.29 is 13.5 Å². The first kappa shape index (κ1) is 14.9. The summed E-state index contributed by atoms with van der Waals surface area (Å²) < 4.78 is 28.0. The molecular weight excluding hydrogens is 342 g/mol. The zero-order chi connectivity index (χ0) is 14.8. The molecule has 0 aliphatic rings. The van der Waals surface area contributed by atoms with Gasteiger partial charge in [-0.15, -0.1) is 0 Å². The van der Waals surface area contributed by atoms with Gasteiger partial charge in [0.2, 0.25) is 0 Å². The van der Waals surface area contributed by atoms with Gasteiger partial charge in [-0.1, -0.05) is 35.0 Å². The fourth-order valence-electron chi connectivity index (χ4n) is 1.84. The molecule has 0 aliphatic heterocycles. The van der Waals surface area contributed by atoms with E-state index in [2.05, 4.69) is 20.7 Å². The molecule has 0 fully saturated rings. The van der Waals surface area contributed by atoms with Crippen molar-refractivity contribution in [3.8, 4) is 5.75 Å². The zero-order valence-corrected chi connectivity index (χ0v) is 13.2. The van der Waals surface area contributed by atoms with Crippen molar-refractivity contribution in [3.63, 3.8) is 0 Å². The topological polar surface area (TPSA) is 66.4 Å². The lowest BCUT2D eigenvalue weighted by Gasteiger charge is -2.13. The molecule has 6 heteroatoms. The second kappa shape index (κ2) is 5.85. The van der Waals surface area contributed by atoms with Crippen LogP contribution in [0, 0.1) is 0 Å². The minimum atomic E-state index is -3.80. The Balaban J connectivity index is 2.41. The van der Waals surface area contributed by atoms with Gasteiger partial charge in [-0.2, -0.15) is 0 Å². The minimum Gasteiger partial charge on any atom is -0.507 e. The number of aromatic hydroxyl groups is 1. The van der Waals surface area contributed by atoms with Gasteiger partial charge in [0, 0.05) is 4.47 Å². The van der Waals surface area contributed by atoms with E-state index >= 15 is 0 Å². The average Bonchev–Trinajstić information content (AvgIpc) is 2.41. The minimum absolute atomic E-state index is 0.134. The number of phenolic OH excluding ortho intramolecular Hbond substituents is 1. The SMILES string of the molecule is CCc1cc(Br)ccc1NS(=O)(=O)c1ccccc1O. The predicted octanol–water partition coefficient (Wildman–Crippen LogP) is 3.52. The van der Waals surface area contributed by atoms with Crippen LogP contribution in [0.15, 0.2) is 51.8 Å². The molecular formula is C14H14BrNO3S. The Morgan fingerprint density at radius 1 is 1.20 bits per heavy atom. The average molecular weight is 356 g/mol. The molecule has 0 amide bonds. The van der Waals surface area contributed by atoms with Gasteiger partial charge >= 0.3 is 0 Å². The third-order valence-electron chi connectivity index (χ3n) is 2.85. The fraction of sp³-hybridized carbons (Fsp3) is 0.143. The Morgan fingerprint density at radius 2 is 1.90 bits per heavy atom. The van der Waals surface area contributed by atoms with Crippen molar-refractivity contribution in [1.82, 2.24) is 0 Å². The van der Waals surface area contributed by atoms with Gasteiger partial charge in [-0.25, -0.2) is 8.42 Å². The number of hydrogen-bond donors (Lipinski definition) is 2. The lowest BCUT2D eigenvalue weighted by atomic mass is 10.1. The summed E-state index contributed by atoms with van der Waals surface area (Å²) in [7, 11) is -3.80. The highest BCUT2D eigenvalue weighted by Gasteiger charge is 2.19. The van der Waals surface area contributed by atoms with E-state index in [4.69, 9.17) is 0 Å². The van der Waals surface area contributed by atoms with Crippen LogP contribution >= 0.6 is 15.9 Å². The number of phenols is 1. The highest BCUT2D eigenvalue weighted by Crippen LogP contribution is 2.27. The van der Waals surface area contributed by atoms with E-state index in [0.717, 1.165) is 10.0 Å². The second-order valence-corrected chi connectivity index (χ2v) is 6.79. The monoisotopic (exact) mass is 355 g/mol. The van der Waals surface area contributed by atoms with Crippen molar-refractivity contribution in [2.24, 2.45) is 0 Å². The number of aryl methyl sites for hydroxylation is 1. The Morgan fingerprint density at radius 3 is 2.55 bits per heavy atom. The third-order valence-corrected chi connectivity index (χ3v) is 4.75. The van der Waals surface area contributed by atoms with Crippen LogP contribution in [0.25, 0.3) is 0 Å². The first-order valence-corrected chi connectivity index (χ1v) is 8.31. The summed E-state index contributed by atoms with van der Waals surface area (Å²) in [5, 5.41) is 9.67. The first-order valence-electron chi connectivity index (χ1n) is 6.03. The van der Waals surface area contributed by atoms with Crippen LogP contribution in [0.2, 0.25) is 0 Å². The van der Waals surface area contributed by atoms with Gasteiger partial charge in [0.1, 0.15) is 10.6 Å². The molecule has 0 saturated heterocycles. The van der Waals surface area contributed by atoms with Crippen LogP contribution in [0.4, 0.5) is 5.69 Å². The molecule has 4 nitrogen and oxygen atoms in total. The number of hydrogen-bond acceptors (Lipinski definition) is 3.